The number of anilines is 1. The van der Waals surface area contributed by atoms with Gasteiger partial charge >= 0.3 is 0 Å². The molecule has 2 saturated heterocycles. The third-order valence-corrected chi connectivity index (χ3v) is 7.25. The number of fused-ring (bicyclic) bond motifs is 4. The van der Waals surface area contributed by atoms with Crippen molar-refractivity contribution < 1.29 is 14.4 Å². The van der Waals surface area contributed by atoms with E-state index in [2.05, 4.69) is 10.6 Å². The molecule has 2 fully saturated rings. The molecule has 0 radical (unpaired) electrons. The zero-order chi connectivity index (χ0) is 20.2. The molecule has 0 bridgehead atoms. The minimum absolute atomic E-state index is 0.164. The topological polar surface area (TPSA) is 78.5 Å². The predicted molar refractivity (Wildman–Crippen MR) is 110 cm³/mol. The molecule has 0 aliphatic carbocycles. The van der Waals surface area contributed by atoms with Crippen molar-refractivity contribution in [3.63, 3.8) is 0 Å². The third-order valence-electron chi connectivity index (χ3n) is 6.38. The number of hydrogen-bond donors (Lipinski definition) is 2. The Hall–Kier alpha value is -1.57. The number of amides is 3. The number of halogens is 1. The second-order valence-corrected chi connectivity index (χ2v) is 9.21. The zero-order valence-electron chi connectivity index (χ0n) is 16.1. The Bertz CT molecular complexity index is 863. The average Bonchev–Trinajstić information content (AvgIpc) is 3.25. The molecule has 0 unspecified atom stereocenters. The van der Waals surface area contributed by atoms with Crippen LogP contribution in [0.3, 0.4) is 0 Å². The van der Waals surface area contributed by atoms with E-state index >= 15 is 0 Å². The maximum Gasteiger partial charge on any atom is 0.250 e. The molecule has 0 aromatic heterocycles. The van der Waals surface area contributed by atoms with Crippen molar-refractivity contribution >= 4 is 46.8 Å². The van der Waals surface area contributed by atoms with Crippen molar-refractivity contribution in [2.75, 3.05) is 17.3 Å². The number of nitrogens with zero attached hydrogens (tertiary/aromatic N) is 1. The fourth-order valence-electron chi connectivity index (χ4n) is 4.91. The van der Waals surface area contributed by atoms with E-state index in [9.17, 15) is 14.4 Å². The van der Waals surface area contributed by atoms with Crippen LogP contribution < -0.4 is 10.6 Å². The van der Waals surface area contributed by atoms with E-state index in [1.54, 1.807) is 30.0 Å². The van der Waals surface area contributed by atoms with Crippen molar-refractivity contribution in [2.24, 2.45) is 11.8 Å². The second kappa shape index (κ2) is 7.04. The molecular weight excluding hydrogens is 398 g/mol. The van der Waals surface area contributed by atoms with Gasteiger partial charge in [0.05, 0.1) is 11.8 Å². The Morgan fingerprint density at radius 1 is 1.29 bits per heavy atom. The molecule has 1 aromatic carbocycles. The zero-order valence-corrected chi connectivity index (χ0v) is 17.7. The number of rotatable bonds is 5. The van der Waals surface area contributed by atoms with Gasteiger partial charge in [-0.15, -0.1) is 0 Å². The summed E-state index contributed by atoms with van der Waals surface area (Å²) < 4.78 is 0. The number of likely N-dealkylation sites (tertiary alicyclic amines) is 1. The van der Waals surface area contributed by atoms with Crippen molar-refractivity contribution in [1.82, 2.24) is 10.2 Å². The van der Waals surface area contributed by atoms with Crippen LogP contribution in [0.25, 0.3) is 0 Å². The first-order valence-corrected chi connectivity index (χ1v) is 11.4. The minimum atomic E-state index is -1.25. The molecule has 3 heterocycles. The van der Waals surface area contributed by atoms with Crippen molar-refractivity contribution in [2.45, 2.75) is 44.3 Å². The van der Waals surface area contributed by atoms with Crippen LogP contribution >= 0.6 is 23.4 Å². The molecule has 4 rings (SSSR count). The van der Waals surface area contributed by atoms with Crippen LogP contribution in [0.1, 0.15) is 32.3 Å². The van der Waals surface area contributed by atoms with Gasteiger partial charge in [0, 0.05) is 28.4 Å². The van der Waals surface area contributed by atoms with Crippen LogP contribution in [0.15, 0.2) is 18.2 Å². The number of nitrogens with one attached hydrogen (secondary N) is 2. The third kappa shape index (κ3) is 2.56. The number of hydrogen-bond acceptors (Lipinski definition) is 5. The van der Waals surface area contributed by atoms with Gasteiger partial charge in [-0.05, 0) is 50.0 Å². The molecule has 1 spiro atoms. The Kier molecular flexibility index (Phi) is 4.96. The molecule has 8 heteroatoms. The van der Waals surface area contributed by atoms with Gasteiger partial charge in [0.1, 0.15) is 5.54 Å². The number of thioether (sulfide) groups is 1. The summed E-state index contributed by atoms with van der Waals surface area (Å²) in [6.45, 7) is 3.84. The Balaban J connectivity index is 1.86. The van der Waals surface area contributed by atoms with Crippen LogP contribution in [0.2, 0.25) is 5.02 Å². The van der Waals surface area contributed by atoms with Crippen LogP contribution in [0.5, 0.6) is 0 Å². The first-order valence-electron chi connectivity index (χ1n) is 9.61. The Morgan fingerprint density at radius 2 is 2.04 bits per heavy atom. The number of carbonyl (C=O) groups excluding carboxylic acids is 3. The Labute approximate surface area is 173 Å². The van der Waals surface area contributed by atoms with E-state index in [0.29, 0.717) is 29.1 Å². The maximum atomic E-state index is 13.5. The summed E-state index contributed by atoms with van der Waals surface area (Å²) in [5, 5.41) is 6.81. The molecule has 5 atom stereocenters. The molecule has 3 aliphatic rings. The molecular formula is C20H24ClN3O3S. The lowest BCUT2D eigenvalue weighted by molar-refractivity contribution is -0.145. The van der Waals surface area contributed by atoms with Crippen molar-refractivity contribution in [3.8, 4) is 0 Å². The summed E-state index contributed by atoms with van der Waals surface area (Å²) in [4.78, 5) is 41.4. The molecule has 2 N–H and O–H groups in total. The molecule has 28 heavy (non-hydrogen) atoms. The molecule has 0 saturated carbocycles. The maximum absolute atomic E-state index is 13.5. The van der Waals surface area contributed by atoms with Gasteiger partial charge in [-0.25, -0.2) is 0 Å². The molecule has 150 valence electrons. The lowest BCUT2D eigenvalue weighted by Gasteiger charge is -2.31. The van der Waals surface area contributed by atoms with Crippen molar-refractivity contribution in [1.29, 1.82) is 0 Å². The lowest BCUT2D eigenvalue weighted by Crippen LogP contribution is -2.54. The first kappa shape index (κ1) is 19.7. The van der Waals surface area contributed by atoms with Gasteiger partial charge in [0.25, 0.3) is 0 Å². The number of benzene rings is 1. The highest BCUT2D eigenvalue weighted by atomic mass is 35.5. The highest BCUT2D eigenvalue weighted by Gasteiger charge is 2.70. The summed E-state index contributed by atoms with van der Waals surface area (Å²) >= 11 is 7.91. The summed E-state index contributed by atoms with van der Waals surface area (Å²) in [6.07, 6.45) is 3.40. The Morgan fingerprint density at radius 3 is 2.71 bits per heavy atom. The summed E-state index contributed by atoms with van der Waals surface area (Å²) in [5.74, 6) is -1.15. The molecule has 3 aliphatic heterocycles. The monoisotopic (exact) mass is 421 g/mol. The van der Waals surface area contributed by atoms with E-state index in [1.807, 2.05) is 20.1 Å². The SMILES string of the molecule is CC[C@H](C)N1C(=O)[C@H]2[C@@H](C1=O)[C@@]1(N[C@@H]2CCSC)C(=O)Nc2ccc(Cl)cc21. The fraction of sp³-hybridized carbons (Fsp3) is 0.550. The molecule has 6 nitrogen and oxygen atoms in total. The van der Waals surface area contributed by atoms with E-state index in [0.717, 1.165) is 5.75 Å². The highest BCUT2D eigenvalue weighted by molar-refractivity contribution is 7.98. The van der Waals surface area contributed by atoms with Gasteiger partial charge in [-0.3, -0.25) is 24.6 Å². The fourth-order valence-corrected chi connectivity index (χ4v) is 5.57. The molecule has 1 aromatic rings. The van der Waals surface area contributed by atoms with E-state index in [1.165, 1.54) is 4.90 Å². The van der Waals surface area contributed by atoms with Gasteiger partial charge in [-0.2, -0.15) is 11.8 Å². The summed E-state index contributed by atoms with van der Waals surface area (Å²) in [6, 6.07) is 4.78. The standard InChI is InChI=1S/C20H24ClN3O3S/c1-4-10(2)24-17(25)15-14(7-8-28-3)23-20(16(15)18(24)26)12-9-11(21)5-6-13(12)22-19(20)27/h5-6,9-10,14-16,23H,4,7-8H2,1-3H3,(H,22,27)/t10-,14+,15+,16-,20+/m0/s1. The smallest absolute Gasteiger partial charge is 0.250 e. The predicted octanol–water partition coefficient (Wildman–Crippen LogP) is 2.61. The van der Waals surface area contributed by atoms with E-state index in [-0.39, 0.29) is 29.8 Å². The van der Waals surface area contributed by atoms with Gasteiger partial charge < -0.3 is 5.32 Å². The van der Waals surface area contributed by atoms with Crippen LogP contribution in [-0.2, 0) is 19.9 Å². The van der Waals surface area contributed by atoms with Crippen LogP contribution in [0.4, 0.5) is 5.69 Å². The van der Waals surface area contributed by atoms with Gasteiger partial charge in [0.2, 0.25) is 17.7 Å². The number of imide groups is 1. The summed E-state index contributed by atoms with van der Waals surface area (Å²) in [5.41, 5.74) is 0.0651. The average molecular weight is 422 g/mol. The first-order chi connectivity index (χ1) is 13.4. The van der Waals surface area contributed by atoms with E-state index in [4.69, 9.17) is 11.6 Å². The summed E-state index contributed by atoms with van der Waals surface area (Å²) in [7, 11) is 0. The quantitative estimate of drug-likeness (QED) is 0.714. The minimum Gasteiger partial charge on any atom is -0.324 e. The van der Waals surface area contributed by atoms with Gasteiger partial charge in [-0.1, -0.05) is 18.5 Å². The number of carbonyl (C=O) groups is 3. The van der Waals surface area contributed by atoms with Gasteiger partial charge in [0.15, 0.2) is 0 Å². The van der Waals surface area contributed by atoms with E-state index < -0.39 is 17.4 Å². The van der Waals surface area contributed by atoms with Crippen LogP contribution in [-0.4, -0.2) is 46.7 Å². The normalized spacial score (nSPS) is 32.1. The second-order valence-electron chi connectivity index (χ2n) is 7.79. The van der Waals surface area contributed by atoms with Crippen molar-refractivity contribution in [3.05, 3.63) is 28.8 Å². The lowest BCUT2D eigenvalue weighted by atomic mass is 9.76. The van der Waals surface area contributed by atoms with Crippen LogP contribution in [0, 0.1) is 11.8 Å². The molecule has 3 amide bonds. The highest BCUT2D eigenvalue weighted by Crippen LogP contribution is 2.54. The largest absolute Gasteiger partial charge is 0.324 e.